The number of fused-ring (bicyclic) bond motifs is 1. The van der Waals surface area contributed by atoms with E-state index in [0.717, 1.165) is 20.9 Å². The molecule has 0 atom stereocenters. The molecule has 3 aromatic carbocycles. The summed E-state index contributed by atoms with van der Waals surface area (Å²) < 4.78 is 2.58. The van der Waals surface area contributed by atoms with Crippen LogP contribution in [0.3, 0.4) is 0 Å². The van der Waals surface area contributed by atoms with Crippen molar-refractivity contribution in [3.8, 4) is 5.69 Å². The molecular formula is C21H15BrN2OS. The van der Waals surface area contributed by atoms with Gasteiger partial charge in [0.1, 0.15) is 5.82 Å². The van der Waals surface area contributed by atoms with Crippen molar-refractivity contribution in [2.75, 3.05) is 0 Å². The summed E-state index contributed by atoms with van der Waals surface area (Å²) in [5, 5.41) is 0.608. The van der Waals surface area contributed by atoms with Gasteiger partial charge in [-0.2, -0.15) is 0 Å². The third-order valence-corrected chi connectivity index (χ3v) is 5.53. The van der Waals surface area contributed by atoms with Gasteiger partial charge >= 0.3 is 0 Å². The van der Waals surface area contributed by atoms with Gasteiger partial charge in [0.2, 0.25) is 0 Å². The fourth-order valence-corrected chi connectivity index (χ4v) is 4.01. The number of para-hydroxylation sites is 1. The normalized spacial score (nSPS) is 11.0. The van der Waals surface area contributed by atoms with Gasteiger partial charge in [-0.15, -0.1) is 11.8 Å². The van der Waals surface area contributed by atoms with E-state index in [9.17, 15) is 4.79 Å². The van der Waals surface area contributed by atoms with Crippen LogP contribution in [0.2, 0.25) is 0 Å². The molecule has 0 saturated heterocycles. The first-order chi connectivity index (χ1) is 12.7. The van der Waals surface area contributed by atoms with E-state index in [1.165, 1.54) is 0 Å². The lowest BCUT2D eigenvalue weighted by Gasteiger charge is -2.13. The Morgan fingerprint density at radius 1 is 0.923 bits per heavy atom. The van der Waals surface area contributed by atoms with Crippen molar-refractivity contribution in [2.45, 2.75) is 10.6 Å². The molecule has 0 fully saturated rings. The van der Waals surface area contributed by atoms with Crippen LogP contribution in [0.4, 0.5) is 0 Å². The van der Waals surface area contributed by atoms with E-state index >= 15 is 0 Å². The molecule has 0 amide bonds. The molecule has 0 unspecified atom stereocenters. The van der Waals surface area contributed by atoms with Gasteiger partial charge in [0.05, 0.1) is 22.3 Å². The van der Waals surface area contributed by atoms with E-state index in [1.807, 2.05) is 66.7 Å². The Morgan fingerprint density at radius 3 is 2.35 bits per heavy atom. The second-order valence-electron chi connectivity index (χ2n) is 5.77. The maximum atomic E-state index is 13.2. The van der Waals surface area contributed by atoms with Crippen LogP contribution in [0.25, 0.3) is 16.6 Å². The average Bonchev–Trinajstić information content (AvgIpc) is 2.68. The summed E-state index contributed by atoms with van der Waals surface area (Å²) >= 11 is 5.12. The monoisotopic (exact) mass is 422 g/mol. The van der Waals surface area contributed by atoms with Gasteiger partial charge in [-0.3, -0.25) is 9.36 Å². The van der Waals surface area contributed by atoms with Crippen LogP contribution < -0.4 is 5.56 Å². The maximum Gasteiger partial charge on any atom is 0.266 e. The molecule has 0 bridgehead atoms. The summed E-state index contributed by atoms with van der Waals surface area (Å²) in [6.07, 6.45) is 0. The quantitative estimate of drug-likeness (QED) is 0.410. The van der Waals surface area contributed by atoms with Crippen LogP contribution >= 0.6 is 27.7 Å². The van der Waals surface area contributed by atoms with Crippen molar-refractivity contribution in [1.82, 2.24) is 9.55 Å². The van der Waals surface area contributed by atoms with E-state index in [-0.39, 0.29) is 5.56 Å². The van der Waals surface area contributed by atoms with Gasteiger partial charge in [0, 0.05) is 9.37 Å². The lowest BCUT2D eigenvalue weighted by molar-refractivity contribution is 0.884. The summed E-state index contributed by atoms with van der Waals surface area (Å²) in [6, 6.07) is 25.4. The van der Waals surface area contributed by atoms with E-state index in [4.69, 9.17) is 4.98 Å². The van der Waals surface area contributed by atoms with Crippen molar-refractivity contribution in [3.63, 3.8) is 0 Å². The molecule has 0 spiro atoms. The van der Waals surface area contributed by atoms with E-state index in [1.54, 1.807) is 16.3 Å². The summed E-state index contributed by atoms with van der Waals surface area (Å²) in [5.74, 6) is 1.35. The van der Waals surface area contributed by atoms with Crippen molar-refractivity contribution in [2.24, 2.45) is 0 Å². The largest absolute Gasteiger partial charge is 0.268 e. The molecule has 0 saturated carbocycles. The highest BCUT2D eigenvalue weighted by Crippen LogP contribution is 2.24. The number of nitrogens with zero attached hydrogens (tertiary/aromatic N) is 2. The Bertz CT molecular complexity index is 1110. The highest BCUT2D eigenvalue weighted by molar-refractivity contribution is 9.10. The Hall–Kier alpha value is -2.37. The van der Waals surface area contributed by atoms with E-state index in [0.29, 0.717) is 16.7 Å². The summed E-state index contributed by atoms with van der Waals surface area (Å²) in [7, 11) is 0. The summed E-state index contributed by atoms with van der Waals surface area (Å²) in [4.78, 5) is 19.1. The number of hydrogen-bond donors (Lipinski definition) is 0. The highest BCUT2D eigenvalue weighted by Gasteiger charge is 2.13. The zero-order valence-electron chi connectivity index (χ0n) is 13.8. The Labute approximate surface area is 163 Å². The molecule has 128 valence electrons. The highest BCUT2D eigenvalue weighted by atomic mass is 79.9. The van der Waals surface area contributed by atoms with E-state index < -0.39 is 0 Å². The molecule has 0 aliphatic heterocycles. The molecular weight excluding hydrogens is 408 g/mol. The zero-order valence-corrected chi connectivity index (χ0v) is 16.2. The minimum Gasteiger partial charge on any atom is -0.268 e. The number of aromatic nitrogens is 2. The van der Waals surface area contributed by atoms with Gasteiger partial charge < -0.3 is 0 Å². The minimum atomic E-state index is -0.0499. The zero-order chi connectivity index (χ0) is 17.9. The fraction of sp³-hybridized carbons (Fsp3) is 0.0476. The van der Waals surface area contributed by atoms with Crippen LogP contribution in [-0.2, 0) is 5.75 Å². The summed E-state index contributed by atoms with van der Waals surface area (Å²) in [6.45, 7) is 0. The molecule has 4 rings (SSSR count). The third kappa shape index (κ3) is 3.45. The van der Waals surface area contributed by atoms with Gasteiger partial charge in [-0.1, -0.05) is 52.3 Å². The Balaban J connectivity index is 1.87. The smallest absolute Gasteiger partial charge is 0.266 e. The molecule has 4 aromatic rings. The van der Waals surface area contributed by atoms with Gasteiger partial charge in [-0.05, 0) is 42.5 Å². The van der Waals surface area contributed by atoms with Gasteiger partial charge in [0.25, 0.3) is 5.56 Å². The predicted molar refractivity (Wildman–Crippen MR) is 111 cm³/mol. The minimum absolute atomic E-state index is 0.0499. The van der Waals surface area contributed by atoms with Crippen LogP contribution in [-0.4, -0.2) is 9.55 Å². The SMILES string of the molecule is O=c1c2cc(Br)ccc2nc(CSc2ccccc2)n1-c1ccccc1. The first-order valence-electron chi connectivity index (χ1n) is 8.17. The molecule has 26 heavy (non-hydrogen) atoms. The van der Waals surface area contributed by atoms with Crippen LogP contribution in [0, 0.1) is 0 Å². The fourth-order valence-electron chi connectivity index (χ4n) is 2.81. The second-order valence-corrected chi connectivity index (χ2v) is 7.73. The second kappa shape index (κ2) is 7.48. The van der Waals surface area contributed by atoms with Crippen molar-refractivity contribution >= 4 is 38.6 Å². The lowest BCUT2D eigenvalue weighted by atomic mass is 10.2. The first-order valence-corrected chi connectivity index (χ1v) is 9.95. The van der Waals surface area contributed by atoms with Crippen LogP contribution in [0.1, 0.15) is 5.82 Å². The Kier molecular flexibility index (Phi) is 4.91. The molecule has 5 heteroatoms. The predicted octanol–water partition coefficient (Wildman–Crippen LogP) is 5.44. The van der Waals surface area contributed by atoms with Crippen molar-refractivity contribution in [3.05, 3.63) is 99.5 Å². The molecule has 3 nitrogen and oxygen atoms in total. The van der Waals surface area contributed by atoms with E-state index in [2.05, 4.69) is 28.1 Å². The number of halogens is 1. The molecule has 0 radical (unpaired) electrons. The molecule has 0 N–H and O–H groups in total. The first kappa shape index (κ1) is 17.1. The van der Waals surface area contributed by atoms with Crippen LogP contribution in [0.15, 0.2) is 93.0 Å². The average molecular weight is 423 g/mol. The topological polar surface area (TPSA) is 34.9 Å². The van der Waals surface area contributed by atoms with Crippen molar-refractivity contribution < 1.29 is 0 Å². The third-order valence-electron chi connectivity index (χ3n) is 4.03. The van der Waals surface area contributed by atoms with Gasteiger partial charge in [0.15, 0.2) is 0 Å². The van der Waals surface area contributed by atoms with Crippen LogP contribution in [0.5, 0.6) is 0 Å². The number of benzene rings is 3. The molecule has 1 aromatic heterocycles. The maximum absolute atomic E-state index is 13.2. The summed E-state index contributed by atoms with van der Waals surface area (Å²) in [5.41, 5.74) is 1.50. The lowest BCUT2D eigenvalue weighted by Crippen LogP contribution is -2.23. The number of hydrogen-bond acceptors (Lipinski definition) is 3. The standard InChI is InChI=1S/C21H15BrN2OS/c22-15-11-12-19-18(13-15)21(25)24(16-7-3-1-4-8-16)20(23-19)14-26-17-9-5-2-6-10-17/h1-13H,14H2. The molecule has 0 aliphatic rings. The molecule has 0 aliphatic carbocycles. The van der Waals surface area contributed by atoms with Gasteiger partial charge in [-0.25, -0.2) is 4.98 Å². The Morgan fingerprint density at radius 2 is 1.62 bits per heavy atom. The molecule has 1 heterocycles. The number of thioether (sulfide) groups is 1. The van der Waals surface area contributed by atoms with Crippen molar-refractivity contribution in [1.29, 1.82) is 0 Å². The number of rotatable bonds is 4.